The molecule has 82 valence electrons. The van der Waals surface area contributed by atoms with Gasteiger partial charge in [-0.15, -0.1) is 0 Å². The van der Waals surface area contributed by atoms with E-state index < -0.39 is 0 Å². The van der Waals surface area contributed by atoms with Gasteiger partial charge in [-0.1, -0.05) is 23.7 Å². The van der Waals surface area contributed by atoms with E-state index in [2.05, 4.69) is 15.3 Å². The second-order valence-electron chi connectivity index (χ2n) is 3.05. The van der Waals surface area contributed by atoms with Gasteiger partial charge in [-0.05, 0) is 12.1 Å². The number of rotatable bonds is 3. The molecule has 1 aromatic heterocycles. The minimum atomic E-state index is 0.396. The van der Waals surface area contributed by atoms with Crippen LogP contribution in [0.1, 0.15) is 0 Å². The van der Waals surface area contributed by atoms with Gasteiger partial charge in [-0.25, -0.2) is 9.97 Å². The van der Waals surface area contributed by atoms with Gasteiger partial charge in [0.25, 0.3) is 0 Å². The van der Waals surface area contributed by atoms with E-state index in [1.54, 1.807) is 13.2 Å². The van der Waals surface area contributed by atoms with Crippen LogP contribution in [0.15, 0.2) is 36.7 Å². The van der Waals surface area contributed by atoms with Gasteiger partial charge in [-0.3, -0.25) is 0 Å². The highest BCUT2D eigenvalue weighted by molar-refractivity contribution is 6.29. The van der Waals surface area contributed by atoms with Gasteiger partial charge in [0, 0.05) is 6.07 Å². The first kappa shape index (κ1) is 10.7. The normalized spacial score (nSPS) is 9.88. The summed E-state index contributed by atoms with van der Waals surface area (Å²) in [6.07, 6.45) is 1.40. The molecule has 0 bridgehead atoms. The quantitative estimate of drug-likeness (QED) is 0.831. The van der Waals surface area contributed by atoms with Crippen LogP contribution in [0.4, 0.5) is 11.5 Å². The summed E-state index contributed by atoms with van der Waals surface area (Å²) in [6, 6.07) is 9.22. The van der Waals surface area contributed by atoms with Crippen molar-refractivity contribution >= 4 is 23.1 Å². The van der Waals surface area contributed by atoms with Crippen molar-refractivity contribution < 1.29 is 4.74 Å². The molecule has 0 unspecified atom stereocenters. The number of hydrogen-bond donors (Lipinski definition) is 1. The largest absolute Gasteiger partial charge is 0.495 e. The number of para-hydroxylation sites is 2. The maximum Gasteiger partial charge on any atom is 0.142 e. The van der Waals surface area contributed by atoms with E-state index in [0.717, 1.165) is 11.4 Å². The van der Waals surface area contributed by atoms with E-state index in [-0.39, 0.29) is 0 Å². The SMILES string of the molecule is COc1ccccc1Nc1cc(Cl)ncn1. The average Bonchev–Trinajstić information content (AvgIpc) is 2.30. The number of anilines is 2. The summed E-state index contributed by atoms with van der Waals surface area (Å²) < 4.78 is 5.21. The highest BCUT2D eigenvalue weighted by Gasteiger charge is 2.02. The average molecular weight is 236 g/mol. The van der Waals surface area contributed by atoms with Crippen LogP contribution in [0.5, 0.6) is 5.75 Å². The number of hydrogen-bond acceptors (Lipinski definition) is 4. The molecule has 2 aromatic rings. The maximum atomic E-state index is 5.76. The summed E-state index contributed by atoms with van der Waals surface area (Å²) in [5.74, 6) is 1.38. The Balaban J connectivity index is 2.26. The monoisotopic (exact) mass is 235 g/mol. The summed E-state index contributed by atoms with van der Waals surface area (Å²) in [5, 5.41) is 3.50. The summed E-state index contributed by atoms with van der Waals surface area (Å²) in [5.41, 5.74) is 0.833. The predicted molar refractivity (Wildman–Crippen MR) is 63.3 cm³/mol. The van der Waals surface area contributed by atoms with Crippen LogP contribution in [0.3, 0.4) is 0 Å². The highest BCUT2D eigenvalue weighted by Crippen LogP contribution is 2.26. The molecule has 4 nitrogen and oxygen atoms in total. The van der Waals surface area contributed by atoms with Gasteiger partial charge >= 0.3 is 0 Å². The molecule has 0 saturated heterocycles. The summed E-state index contributed by atoms with van der Waals surface area (Å²) >= 11 is 5.76. The molecule has 0 aliphatic heterocycles. The Morgan fingerprint density at radius 1 is 1.25 bits per heavy atom. The van der Waals surface area contributed by atoms with Gasteiger partial charge in [0.2, 0.25) is 0 Å². The molecule has 0 saturated carbocycles. The molecule has 16 heavy (non-hydrogen) atoms. The van der Waals surface area contributed by atoms with Crippen LogP contribution >= 0.6 is 11.6 Å². The summed E-state index contributed by atoms with van der Waals surface area (Å²) in [7, 11) is 1.62. The van der Waals surface area contributed by atoms with Crippen molar-refractivity contribution in [2.75, 3.05) is 12.4 Å². The third kappa shape index (κ3) is 2.41. The molecule has 1 N–H and O–H groups in total. The number of benzene rings is 1. The lowest BCUT2D eigenvalue weighted by Crippen LogP contribution is -1.96. The Morgan fingerprint density at radius 2 is 2.06 bits per heavy atom. The Morgan fingerprint density at radius 3 is 2.81 bits per heavy atom. The van der Waals surface area contributed by atoms with Gasteiger partial charge in [0.05, 0.1) is 12.8 Å². The smallest absolute Gasteiger partial charge is 0.142 e. The molecule has 0 atom stereocenters. The zero-order chi connectivity index (χ0) is 11.4. The van der Waals surface area contributed by atoms with Gasteiger partial charge in [0.1, 0.15) is 23.0 Å². The third-order valence-electron chi connectivity index (χ3n) is 2.00. The number of ether oxygens (including phenoxy) is 1. The van der Waals surface area contributed by atoms with Crippen LogP contribution in [0.2, 0.25) is 5.15 Å². The zero-order valence-corrected chi connectivity index (χ0v) is 9.40. The van der Waals surface area contributed by atoms with Crippen LogP contribution in [-0.4, -0.2) is 17.1 Å². The fourth-order valence-corrected chi connectivity index (χ4v) is 1.43. The first-order valence-electron chi connectivity index (χ1n) is 4.67. The fourth-order valence-electron chi connectivity index (χ4n) is 1.29. The van der Waals surface area contributed by atoms with E-state index in [1.165, 1.54) is 6.33 Å². The van der Waals surface area contributed by atoms with Gasteiger partial charge < -0.3 is 10.1 Å². The second kappa shape index (κ2) is 4.81. The molecule has 0 radical (unpaired) electrons. The van der Waals surface area contributed by atoms with E-state index in [9.17, 15) is 0 Å². The number of nitrogens with zero attached hydrogens (tertiary/aromatic N) is 2. The topological polar surface area (TPSA) is 47.0 Å². The summed E-state index contributed by atoms with van der Waals surface area (Å²) in [4.78, 5) is 7.86. The molecule has 0 aliphatic rings. The molecule has 0 spiro atoms. The standard InChI is InChI=1S/C11H10ClN3O/c1-16-9-5-3-2-4-8(9)15-11-6-10(12)13-7-14-11/h2-7H,1H3,(H,13,14,15). The predicted octanol–water partition coefficient (Wildman–Crippen LogP) is 2.88. The van der Waals surface area contributed by atoms with Crippen molar-refractivity contribution in [3.05, 3.63) is 41.8 Å². The third-order valence-corrected chi connectivity index (χ3v) is 2.21. The van der Waals surface area contributed by atoms with Crippen molar-refractivity contribution in [1.82, 2.24) is 9.97 Å². The maximum absolute atomic E-state index is 5.76. The van der Waals surface area contributed by atoms with Crippen LogP contribution in [0, 0.1) is 0 Å². The lowest BCUT2D eigenvalue weighted by Gasteiger charge is -2.09. The highest BCUT2D eigenvalue weighted by atomic mass is 35.5. The lowest BCUT2D eigenvalue weighted by molar-refractivity contribution is 0.417. The number of nitrogens with one attached hydrogen (secondary N) is 1. The molecule has 0 amide bonds. The van der Waals surface area contributed by atoms with E-state index in [0.29, 0.717) is 11.0 Å². The Kier molecular flexibility index (Phi) is 3.22. The van der Waals surface area contributed by atoms with Crippen LogP contribution in [-0.2, 0) is 0 Å². The van der Waals surface area contributed by atoms with Crippen LogP contribution in [0.25, 0.3) is 0 Å². The fraction of sp³-hybridized carbons (Fsp3) is 0.0909. The van der Waals surface area contributed by atoms with Crippen molar-refractivity contribution in [2.45, 2.75) is 0 Å². The first-order valence-corrected chi connectivity index (χ1v) is 5.05. The van der Waals surface area contributed by atoms with E-state index in [1.807, 2.05) is 24.3 Å². The minimum Gasteiger partial charge on any atom is -0.495 e. The van der Waals surface area contributed by atoms with Crippen molar-refractivity contribution in [3.8, 4) is 5.75 Å². The Bertz CT molecular complexity index is 490. The minimum absolute atomic E-state index is 0.396. The molecule has 5 heteroatoms. The molecule has 0 fully saturated rings. The Labute approximate surface area is 98.3 Å². The molecule has 1 aromatic carbocycles. The summed E-state index contributed by atoms with van der Waals surface area (Å²) in [6.45, 7) is 0. The van der Waals surface area contributed by atoms with Crippen molar-refractivity contribution in [1.29, 1.82) is 0 Å². The lowest BCUT2D eigenvalue weighted by atomic mass is 10.3. The van der Waals surface area contributed by atoms with Crippen molar-refractivity contribution in [2.24, 2.45) is 0 Å². The first-order chi connectivity index (χ1) is 7.79. The number of aromatic nitrogens is 2. The zero-order valence-electron chi connectivity index (χ0n) is 8.64. The van der Waals surface area contributed by atoms with Gasteiger partial charge in [-0.2, -0.15) is 0 Å². The molecular formula is C11H10ClN3O. The van der Waals surface area contributed by atoms with Crippen molar-refractivity contribution in [3.63, 3.8) is 0 Å². The molecule has 1 heterocycles. The number of methoxy groups -OCH3 is 1. The number of halogens is 1. The molecule has 2 rings (SSSR count). The van der Waals surface area contributed by atoms with Gasteiger partial charge in [0.15, 0.2) is 0 Å². The molecular weight excluding hydrogens is 226 g/mol. The van der Waals surface area contributed by atoms with E-state index in [4.69, 9.17) is 16.3 Å². The molecule has 0 aliphatic carbocycles. The Hall–Kier alpha value is -1.81. The van der Waals surface area contributed by atoms with Crippen LogP contribution < -0.4 is 10.1 Å². The second-order valence-corrected chi connectivity index (χ2v) is 3.44. The van der Waals surface area contributed by atoms with E-state index >= 15 is 0 Å².